The predicted octanol–water partition coefficient (Wildman–Crippen LogP) is 4.27. The first-order chi connectivity index (χ1) is 9.56. The van der Waals surface area contributed by atoms with E-state index in [1.54, 1.807) is 6.20 Å². The second kappa shape index (κ2) is 6.90. The number of benzene rings is 1. The standard InChI is InChI=1S/C15H15BrN2OS/c1-10-6-7-13(12(16)9-10)18-15(19)11(2)20-14-5-3-4-8-17-14/h3-9,11H,1-2H3,(H,18,19). The van der Waals surface area contributed by atoms with Crippen LogP contribution in [0.3, 0.4) is 0 Å². The van der Waals surface area contributed by atoms with E-state index in [0.29, 0.717) is 0 Å². The zero-order chi connectivity index (χ0) is 14.5. The smallest absolute Gasteiger partial charge is 0.237 e. The number of nitrogens with one attached hydrogen (secondary N) is 1. The summed E-state index contributed by atoms with van der Waals surface area (Å²) in [4.78, 5) is 16.4. The largest absolute Gasteiger partial charge is 0.324 e. The highest BCUT2D eigenvalue weighted by molar-refractivity contribution is 9.10. The van der Waals surface area contributed by atoms with Crippen LogP contribution in [0.4, 0.5) is 5.69 Å². The van der Waals surface area contributed by atoms with Crippen LogP contribution in [-0.4, -0.2) is 16.1 Å². The van der Waals surface area contributed by atoms with Crippen molar-refractivity contribution < 1.29 is 4.79 Å². The SMILES string of the molecule is Cc1ccc(NC(=O)C(C)Sc2ccccn2)c(Br)c1. The minimum absolute atomic E-state index is 0.0368. The van der Waals surface area contributed by atoms with E-state index < -0.39 is 0 Å². The molecular formula is C15H15BrN2OS. The lowest BCUT2D eigenvalue weighted by Gasteiger charge is -2.12. The van der Waals surface area contributed by atoms with Crippen LogP contribution in [0.25, 0.3) is 0 Å². The van der Waals surface area contributed by atoms with Gasteiger partial charge in [0.1, 0.15) is 0 Å². The van der Waals surface area contributed by atoms with Gasteiger partial charge in [-0.25, -0.2) is 4.98 Å². The molecule has 1 atom stereocenters. The highest BCUT2D eigenvalue weighted by atomic mass is 79.9. The monoisotopic (exact) mass is 350 g/mol. The first-order valence-corrected chi connectivity index (χ1v) is 7.88. The van der Waals surface area contributed by atoms with Gasteiger partial charge in [0.05, 0.1) is 16.0 Å². The number of hydrogen-bond acceptors (Lipinski definition) is 3. The summed E-state index contributed by atoms with van der Waals surface area (Å²) in [6.45, 7) is 3.88. The Morgan fingerprint density at radius 2 is 2.15 bits per heavy atom. The maximum absolute atomic E-state index is 12.2. The number of aryl methyl sites for hydroxylation is 1. The van der Waals surface area contributed by atoms with Crippen LogP contribution in [0, 0.1) is 6.92 Å². The summed E-state index contributed by atoms with van der Waals surface area (Å²) in [5, 5.41) is 3.56. The maximum atomic E-state index is 12.2. The van der Waals surface area contributed by atoms with Gasteiger partial charge in [-0.2, -0.15) is 0 Å². The van der Waals surface area contributed by atoms with Crippen molar-refractivity contribution in [1.82, 2.24) is 4.98 Å². The summed E-state index contributed by atoms with van der Waals surface area (Å²) < 4.78 is 0.890. The molecule has 0 saturated carbocycles. The molecule has 0 spiro atoms. The van der Waals surface area contributed by atoms with E-state index in [0.717, 1.165) is 20.7 Å². The van der Waals surface area contributed by atoms with E-state index in [2.05, 4.69) is 26.2 Å². The Morgan fingerprint density at radius 1 is 1.35 bits per heavy atom. The van der Waals surface area contributed by atoms with Gasteiger partial charge in [-0.15, -0.1) is 0 Å². The number of nitrogens with zero attached hydrogens (tertiary/aromatic N) is 1. The van der Waals surface area contributed by atoms with Gasteiger partial charge in [0.2, 0.25) is 5.91 Å². The maximum Gasteiger partial charge on any atom is 0.237 e. The van der Waals surface area contributed by atoms with Crippen LogP contribution < -0.4 is 5.32 Å². The first kappa shape index (κ1) is 15.1. The minimum Gasteiger partial charge on any atom is -0.324 e. The molecule has 0 saturated heterocycles. The Kier molecular flexibility index (Phi) is 5.20. The van der Waals surface area contributed by atoms with Crippen molar-refractivity contribution in [2.45, 2.75) is 24.1 Å². The van der Waals surface area contributed by atoms with Gasteiger partial charge in [0.25, 0.3) is 0 Å². The van der Waals surface area contributed by atoms with Crippen molar-refractivity contribution in [2.24, 2.45) is 0 Å². The number of thioether (sulfide) groups is 1. The molecule has 2 rings (SSSR count). The molecule has 0 bridgehead atoms. The van der Waals surface area contributed by atoms with E-state index in [1.807, 2.05) is 50.2 Å². The molecule has 20 heavy (non-hydrogen) atoms. The molecule has 1 aromatic carbocycles. The van der Waals surface area contributed by atoms with Crippen LogP contribution in [0.1, 0.15) is 12.5 Å². The second-order valence-electron chi connectivity index (χ2n) is 4.40. The summed E-state index contributed by atoms with van der Waals surface area (Å²) in [5.74, 6) is -0.0368. The molecule has 1 unspecified atom stereocenters. The van der Waals surface area contributed by atoms with E-state index in [4.69, 9.17) is 0 Å². The lowest BCUT2D eigenvalue weighted by atomic mass is 10.2. The number of aromatic nitrogens is 1. The normalized spacial score (nSPS) is 11.9. The van der Waals surface area contributed by atoms with Crippen molar-refractivity contribution in [3.8, 4) is 0 Å². The van der Waals surface area contributed by atoms with E-state index >= 15 is 0 Å². The number of hydrogen-bond donors (Lipinski definition) is 1. The van der Waals surface area contributed by atoms with Gasteiger partial charge in [-0.1, -0.05) is 23.9 Å². The molecule has 1 amide bonds. The van der Waals surface area contributed by atoms with Gasteiger partial charge in [0.15, 0.2) is 0 Å². The molecule has 0 aliphatic rings. The third kappa shape index (κ3) is 4.08. The molecule has 104 valence electrons. The van der Waals surface area contributed by atoms with Crippen LogP contribution in [0.15, 0.2) is 52.1 Å². The first-order valence-electron chi connectivity index (χ1n) is 6.21. The highest BCUT2D eigenvalue weighted by Crippen LogP contribution is 2.26. The summed E-state index contributed by atoms with van der Waals surface area (Å²) in [6, 6.07) is 11.5. The van der Waals surface area contributed by atoms with Gasteiger partial charge in [-0.05, 0) is 59.6 Å². The molecule has 5 heteroatoms. The van der Waals surface area contributed by atoms with Crippen molar-refractivity contribution in [1.29, 1.82) is 0 Å². The fourth-order valence-corrected chi connectivity index (χ4v) is 3.01. The predicted molar refractivity (Wildman–Crippen MR) is 87.1 cm³/mol. The Bertz CT molecular complexity index is 604. The molecule has 0 radical (unpaired) electrons. The summed E-state index contributed by atoms with van der Waals surface area (Å²) in [5.41, 5.74) is 1.93. The number of halogens is 1. The van der Waals surface area contributed by atoms with Crippen molar-refractivity contribution in [2.75, 3.05) is 5.32 Å². The topological polar surface area (TPSA) is 42.0 Å². The third-order valence-electron chi connectivity index (χ3n) is 2.69. The Hall–Kier alpha value is -1.33. The molecule has 1 heterocycles. The number of carbonyl (C=O) groups is 1. The Labute approximate surface area is 131 Å². The molecule has 3 nitrogen and oxygen atoms in total. The molecule has 2 aromatic rings. The fourth-order valence-electron chi connectivity index (χ4n) is 1.61. The zero-order valence-corrected chi connectivity index (χ0v) is 13.7. The number of anilines is 1. The average molecular weight is 351 g/mol. The van der Waals surface area contributed by atoms with Gasteiger partial charge in [0, 0.05) is 10.7 Å². The van der Waals surface area contributed by atoms with Crippen LogP contribution in [0.2, 0.25) is 0 Å². The highest BCUT2D eigenvalue weighted by Gasteiger charge is 2.16. The summed E-state index contributed by atoms with van der Waals surface area (Å²) in [7, 11) is 0. The third-order valence-corrected chi connectivity index (χ3v) is 4.39. The van der Waals surface area contributed by atoms with Crippen LogP contribution >= 0.6 is 27.7 Å². The van der Waals surface area contributed by atoms with Gasteiger partial charge in [-0.3, -0.25) is 4.79 Å². The van der Waals surface area contributed by atoms with Crippen LogP contribution in [-0.2, 0) is 4.79 Å². The number of amides is 1. The molecule has 1 aromatic heterocycles. The molecule has 0 fully saturated rings. The Morgan fingerprint density at radius 3 is 2.80 bits per heavy atom. The van der Waals surface area contributed by atoms with Crippen molar-refractivity contribution >= 4 is 39.3 Å². The lowest BCUT2D eigenvalue weighted by Crippen LogP contribution is -2.22. The van der Waals surface area contributed by atoms with Crippen LogP contribution in [0.5, 0.6) is 0 Å². The lowest BCUT2D eigenvalue weighted by molar-refractivity contribution is -0.115. The minimum atomic E-state index is -0.210. The van der Waals surface area contributed by atoms with Gasteiger partial charge >= 0.3 is 0 Å². The molecule has 0 aliphatic carbocycles. The number of carbonyl (C=O) groups excluding carboxylic acids is 1. The fraction of sp³-hybridized carbons (Fsp3) is 0.200. The average Bonchev–Trinajstić information content (AvgIpc) is 2.43. The molecule has 1 N–H and O–H groups in total. The summed E-state index contributed by atoms with van der Waals surface area (Å²) in [6.07, 6.45) is 1.73. The van der Waals surface area contributed by atoms with E-state index in [9.17, 15) is 4.79 Å². The van der Waals surface area contributed by atoms with E-state index in [1.165, 1.54) is 11.8 Å². The second-order valence-corrected chi connectivity index (χ2v) is 6.62. The van der Waals surface area contributed by atoms with Crippen molar-refractivity contribution in [3.63, 3.8) is 0 Å². The zero-order valence-electron chi connectivity index (χ0n) is 11.3. The quantitative estimate of drug-likeness (QED) is 0.837. The Balaban J connectivity index is 2.01. The summed E-state index contributed by atoms with van der Waals surface area (Å²) >= 11 is 4.90. The number of rotatable bonds is 4. The van der Waals surface area contributed by atoms with Gasteiger partial charge < -0.3 is 5.32 Å². The van der Waals surface area contributed by atoms with E-state index in [-0.39, 0.29) is 11.2 Å². The molecular weight excluding hydrogens is 336 g/mol. The number of pyridine rings is 1. The van der Waals surface area contributed by atoms with Crippen molar-refractivity contribution in [3.05, 3.63) is 52.6 Å². The molecule has 0 aliphatic heterocycles.